The first-order chi connectivity index (χ1) is 8.99. The molecule has 112 valence electrons. The number of aldehydes is 1. The molecule has 0 spiro atoms. The fourth-order valence-corrected chi connectivity index (χ4v) is 1.18. The molecule has 0 aliphatic carbocycles. The van der Waals surface area contributed by atoms with Crippen LogP contribution >= 0.6 is 0 Å². The van der Waals surface area contributed by atoms with Gasteiger partial charge in [-0.3, -0.25) is 14.4 Å². The molecule has 1 rings (SSSR count). The van der Waals surface area contributed by atoms with Gasteiger partial charge in [-0.15, -0.1) is 0 Å². The van der Waals surface area contributed by atoms with Gasteiger partial charge in [-0.2, -0.15) is 0 Å². The van der Waals surface area contributed by atoms with E-state index in [1.54, 1.807) is 24.3 Å². The molecule has 0 aliphatic heterocycles. The number of unbranched alkanes of at least 4 members (excludes halogenated alkanes) is 1. The Morgan fingerprint density at radius 3 is 2.10 bits per heavy atom. The van der Waals surface area contributed by atoms with Crippen molar-refractivity contribution < 1.29 is 19.5 Å². The number of carbonyl (C=O) groups excluding carboxylic acids is 2. The van der Waals surface area contributed by atoms with Crippen LogP contribution in [0.3, 0.4) is 0 Å². The van der Waals surface area contributed by atoms with Crippen molar-refractivity contribution in [1.82, 2.24) is 6.15 Å². The lowest BCUT2D eigenvalue weighted by Gasteiger charge is -2.00. The number of hydrogen-bond donors (Lipinski definition) is 3. The van der Waals surface area contributed by atoms with Gasteiger partial charge in [-0.25, -0.2) is 0 Å². The van der Waals surface area contributed by atoms with Crippen molar-refractivity contribution in [2.24, 2.45) is 0 Å². The normalized spacial score (nSPS) is 8.50. The van der Waals surface area contributed by atoms with Gasteiger partial charge in [0, 0.05) is 24.6 Å². The van der Waals surface area contributed by atoms with Gasteiger partial charge < -0.3 is 16.6 Å². The molecular formula is C14H22N2O4. The summed E-state index contributed by atoms with van der Waals surface area (Å²) in [7, 11) is 0. The Balaban J connectivity index is 0. The van der Waals surface area contributed by atoms with Crippen LogP contribution in [0.1, 0.15) is 43.5 Å². The average molecular weight is 282 g/mol. The van der Waals surface area contributed by atoms with E-state index >= 15 is 0 Å². The molecule has 1 aromatic carbocycles. The molecule has 0 fully saturated rings. The smallest absolute Gasteiger partial charge is 0.303 e. The van der Waals surface area contributed by atoms with Gasteiger partial charge in [0.25, 0.3) is 0 Å². The number of rotatable bonds is 5. The summed E-state index contributed by atoms with van der Waals surface area (Å²) in [6, 6.07) is 6.67. The van der Waals surface area contributed by atoms with E-state index in [2.05, 4.69) is 5.32 Å². The highest BCUT2D eigenvalue weighted by Crippen LogP contribution is 2.07. The minimum absolute atomic E-state index is 0. The number of carboxylic acid groups (broad SMARTS) is 1. The molecule has 0 saturated carbocycles. The maximum Gasteiger partial charge on any atom is 0.303 e. The second-order valence-electron chi connectivity index (χ2n) is 3.92. The third-order valence-corrected chi connectivity index (χ3v) is 2.11. The lowest BCUT2D eigenvalue weighted by atomic mass is 10.2. The summed E-state index contributed by atoms with van der Waals surface area (Å²) in [5.74, 6) is -0.810. The fraction of sp³-hybridized carbons (Fsp3) is 0.357. The largest absolute Gasteiger partial charge is 0.481 e. The zero-order valence-electron chi connectivity index (χ0n) is 11.9. The van der Waals surface area contributed by atoms with Crippen molar-refractivity contribution >= 4 is 23.9 Å². The van der Waals surface area contributed by atoms with E-state index in [9.17, 15) is 14.4 Å². The van der Waals surface area contributed by atoms with Crippen molar-refractivity contribution in [3.8, 4) is 0 Å². The summed E-state index contributed by atoms with van der Waals surface area (Å²) in [6.45, 7) is 3.41. The Morgan fingerprint density at radius 1 is 1.25 bits per heavy atom. The summed E-state index contributed by atoms with van der Waals surface area (Å²) in [6.07, 6.45) is 2.84. The highest BCUT2D eigenvalue weighted by Gasteiger charge is 1.94. The number of carbonyl (C=O) groups is 3. The van der Waals surface area contributed by atoms with Crippen LogP contribution < -0.4 is 11.5 Å². The number of hydrogen-bond acceptors (Lipinski definition) is 4. The first-order valence-electron chi connectivity index (χ1n) is 6.04. The van der Waals surface area contributed by atoms with E-state index in [4.69, 9.17) is 5.11 Å². The molecule has 1 aromatic rings. The number of amides is 1. The lowest BCUT2D eigenvalue weighted by Crippen LogP contribution is -2.05. The number of carboxylic acids is 1. The maximum absolute atomic E-state index is 10.6. The SMILES string of the molecule is CC(=O)Nc1ccc(C=O)cc1.CCCCC(=O)O.N. The Morgan fingerprint density at radius 2 is 1.80 bits per heavy atom. The van der Waals surface area contributed by atoms with Gasteiger partial charge in [0.15, 0.2) is 0 Å². The predicted molar refractivity (Wildman–Crippen MR) is 78.3 cm³/mol. The molecule has 0 saturated heterocycles. The molecule has 20 heavy (non-hydrogen) atoms. The maximum atomic E-state index is 10.6. The van der Waals surface area contributed by atoms with E-state index in [0.29, 0.717) is 17.7 Å². The Bertz CT molecular complexity index is 416. The van der Waals surface area contributed by atoms with Gasteiger partial charge in [0.2, 0.25) is 5.91 Å². The standard InChI is InChI=1S/C9H9NO2.C5H10O2.H3N/c1-7(12)10-9-4-2-8(6-11)3-5-9;1-2-3-4-5(6)7;/h2-6H,1H3,(H,10,12);2-4H2,1H3,(H,6,7);1H3. The lowest BCUT2D eigenvalue weighted by molar-refractivity contribution is -0.137. The highest BCUT2D eigenvalue weighted by atomic mass is 16.4. The van der Waals surface area contributed by atoms with Crippen LogP contribution in [0.5, 0.6) is 0 Å². The Kier molecular flexibility index (Phi) is 11.9. The topological polar surface area (TPSA) is 118 Å². The van der Waals surface area contributed by atoms with Crippen molar-refractivity contribution in [2.45, 2.75) is 33.1 Å². The Labute approximate surface area is 118 Å². The molecule has 0 radical (unpaired) electrons. The van der Waals surface area contributed by atoms with Crippen LogP contribution in [-0.2, 0) is 9.59 Å². The number of anilines is 1. The fourth-order valence-electron chi connectivity index (χ4n) is 1.18. The number of aliphatic carboxylic acids is 1. The van der Waals surface area contributed by atoms with Crippen molar-refractivity contribution in [2.75, 3.05) is 5.32 Å². The number of benzene rings is 1. The zero-order chi connectivity index (χ0) is 14.7. The van der Waals surface area contributed by atoms with E-state index in [1.165, 1.54) is 6.92 Å². The van der Waals surface area contributed by atoms with E-state index < -0.39 is 5.97 Å². The van der Waals surface area contributed by atoms with Gasteiger partial charge in [0.1, 0.15) is 6.29 Å². The van der Waals surface area contributed by atoms with Crippen LogP contribution in [0.2, 0.25) is 0 Å². The quantitative estimate of drug-likeness (QED) is 0.717. The monoisotopic (exact) mass is 282 g/mol. The highest BCUT2D eigenvalue weighted by molar-refractivity contribution is 5.89. The first-order valence-corrected chi connectivity index (χ1v) is 6.04. The van der Waals surface area contributed by atoms with Gasteiger partial charge >= 0.3 is 5.97 Å². The summed E-state index contributed by atoms with van der Waals surface area (Å²) in [5, 5.41) is 10.6. The summed E-state index contributed by atoms with van der Waals surface area (Å²) < 4.78 is 0. The molecule has 0 atom stereocenters. The third-order valence-electron chi connectivity index (χ3n) is 2.11. The van der Waals surface area contributed by atoms with Crippen LogP contribution in [-0.4, -0.2) is 23.3 Å². The van der Waals surface area contributed by atoms with Gasteiger partial charge in [-0.1, -0.05) is 13.3 Å². The van der Waals surface area contributed by atoms with Gasteiger partial charge in [0.05, 0.1) is 0 Å². The van der Waals surface area contributed by atoms with Crippen LogP contribution in [0.4, 0.5) is 5.69 Å². The minimum atomic E-state index is -0.693. The molecule has 6 heteroatoms. The summed E-state index contributed by atoms with van der Waals surface area (Å²) >= 11 is 0. The van der Waals surface area contributed by atoms with Crippen molar-refractivity contribution in [1.29, 1.82) is 0 Å². The van der Waals surface area contributed by atoms with Crippen LogP contribution in [0, 0.1) is 0 Å². The second kappa shape index (κ2) is 11.9. The third kappa shape index (κ3) is 10.9. The number of nitrogens with one attached hydrogen (secondary N) is 1. The minimum Gasteiger partial charge on any atom is -0.481 e. The molecule has 5 N–H and O–H groups in total. The summed E-state index contributed by atoms with van der Waals surface area (Å²) in [5.41, 5.74) is 1.30. The average Bonchev–Trinajstić information content (AvgIpc) is 2.37. The van der Waals surface area contributed by atoms with Crippen molar-refractivity contribution in [3.63, 3.8) is 0 Å². The van der Waals surface area contributed by atoms with E-state index in [1.807, 2.05) is 6.92 Å². The molecule has 6 nitrogen and oxygen atoms in total. The molecule has 0 unspecified atom stereocenters. The van der Waals surface area contributed by atoms with Crippen LogP contribution in [0.25, 0.3) is 0 Å². The van der Waals surface area contributed by atoms with Crippen LogP contribution in [0.15, 0.2) is 24.3 Å². The molecule has 1 amide bonds. The summed E-state index contributed by atoms with van der Waals surface area (Å²) in [4.78, 5) is 30.6. The molecule has 0 aliphatic rings. The Hall–Kier alpha value is -2.21. The van der Waals surface area contributed by atoms with Crippen molar-refractivity contribution in [3.05, 3.63) is 29.8 Å². The molecule has 0 aromatic heterocycles. The van der Waals surface area contributed by atoms with E-state index in [-0.39, 0.29) is 12.1 Å². The van der Waals surface area contributed by atoms with E-state index in [0.717, 1.165) is 19.1 Å². The van der Waals surface area contributed by atoms with Gasteiger partial charge in [-0.05, 0) is 30.7 Å². The molecular weight excluding hydrogens is 260 g/mol. The zero-order valence-corrected chi connectivity index (χ0v) is 11.9. The second-order valence-corrected chi connectivity index (χ2v) is 3.92. The predicted octanol–water partition coefficient (Wildman–Crippen LogP) is 2.88. The first kappa shape index (κ1) is 20.1. The molecule has 0 bridgehead atoms. The molecule has 0 heterocycles.